The van der Waals surface area contributed by atoms with Gasteiger partial charge in [-0.3, -0.25) is 24.2 Å². The average Bonchev–Trinajstić information content (AvgIpc) is 3.36. The van der Waals surface area contributed by atoms with Crippen molar-refractivity contribution in [3.63, 3.8) is 0 Å². The van der Waals surface area contributed by atoms with E-state index in [4.69, 9.17) is 4.74 Å². The van der Waals surface area contributed by atoms with Gasteiger partial charge in [-0.15, -0.1) is 0 Å². The van der Waals surface area contributed by atoms with Crippen LogP contribution in [0.1, 0.15) is 38.5 Å². The Balaban J connectivity index is 1.24. The van der Waals surface area contributed by atoms with E-state index in [1.807, 2.05) is 48.5 Å². The topological polar surface area (TPSA) is 91.0 Å². The maximum absolute atomic E-state index is 13.7. The third-order valence-corrected chi connectivity index (χ3v) is 7.61. The summed E-state index contributed by atoms with van der Waals surface area (Å²) >= 11 is 0. The van der Waals surface area contributed by atoms with Gasteiger partial charge in [0.2, 0.25) is 11.8 Å². The van der Waals surface area contributed by atoms with Crippen molar-refractivity contribution in [3.05, 3.63) is 48.5 Å². The standard InChI is InChI=1S/C27H32N4O4/c1-35-23-11-5-3-9-21(23)28-25(33)19-12-16-30(17-13-19)18-24(32)31-22-10-4-2-8-20(22)29-26(34)27(31)14-6-7-15-27/h2-5,8-11,19H,6-7,12-18H2,1H3,(H,28,33)(H,29,34). The van der Waals surface area contributed by atoms with Crippen molar-refractivity contribution in [3.8, 4) is 5.75 Å². The number of likely N-dealkylation sites (tertiary alicyclic amines) is 1. The van der Waals surface area contributed by atoms with Gasteiger partial charge < -0.3 is 15.4 Å². The number of carbonyl (C=O) groups is 3. The van der Waals surface area contributed by atoms with Crippen LogP contribution in [0.2, 0.25) is 0 Å². The molecular weight excluding hydrogens is 444 g/mol. The van der Waals surface area contributed by atoms with Crippen LogP contribution in [0.4, 0.5) is 17.1 Å². The van der Waals surface area contributed by atoms with Crippen LogP contribution in [0.3, 0.4) is 0 Å². The van der Waals surface area contributed by atoms with E-state index in [1.165, 1.54) is 0 Å². The minimum atomic E-state index is -0.793. The predicted molar refractivity (Wildman–Crippen MR) is 135 cm³/mol. The number of rotatable bonds is 5. The Bertz CT molecular complexity index is 1120. The molecule has 1 saturated carbocycles. The summed E-state index contributed by atoms with van der Waals surface area (Å²) in [5, 5.41) is 6.01. The molecule has 5 rings (SSSR count). The number of benzene rings is 2. The summed E-state index contributed by atoms with van der Waals surface area (Å²) in [5.74, 6) is 0.372. The van der Waals surface area contributed by atoms with Gasteiger partial charge in [-0.05, 0) is 63.0 Å². The molecule has 2 N–H and O–H groups in total. The second kappa shape index (κ2) is 9.70. The number of amides is 3. The van der Waals surface area contributed by atoms with Gasteiger partial charge in [-0.2, -0.15) is 0 Å². The Morgan fingerprint density at radius 3 is 2.49 bits per heavy atom. The molecule has 2 aromatic rings. The van der Waals surface area contributed by atoms with Crippen molar-refractivity contribution in [1.82, 2.24) is 4.90 Å². The zero-order valence-electron chi connectivity index (χ0n) is 20.1. The summed E-state index contributed by atoms with van der Waals surface area (Å²) in [6.07, 6.45) is 4.60. The lowest BCUT2D eigenvalue weighted by Crippen LogP contribution is -2.62. The van der Waals surface area contributed by atoms with Crippen molar-refractivity contribution < 1.29 is 19.1 Å². The highest BCUT2D eigenvalue weighted by Gasteiger charge is 2.52. The lowest BCUT2D eigenvalue weighted by Gasteiger charge is -2.45. The first kappa shape index (κ1) is 23.4. The van der Waals surface area contributed by atoms with E-state index in [9.17, 15) is 14.4 Å². The van der Waals surface area contributed by atoms with Crippen molar-refractivity contribution in [1.29, 1.82) is 0 Å². The van der Waals surface area contributed by atoms with Crippen LogP contribution in [0.25, 0.3) is 0 Å². The first-order chi connectivity index (χ1) is 17.0. The monoisotopic (exact) mass is 476 g/mol. The molecule has 2 aromatic carbocycles. The minimum absolute atomic E-state index is 0.0213. The second-order valence-electron chi connectivity index (χ2n) is 9.68. The van der Waals surface area contributed by atoms with Crippen LogP contribution in [0, 0.1) is 5.92 Å². The number of para-hydroxylation sites is 4. The Kier molecular flexibility index (Phi) is 6.47. The van der Waals surface area contributed by atoms with Gasteiger partial charge in [0.25, 0.3) is 5.91 Å². The Morgan fingerprint density at radius 2 is 1.74 bits per heavy atom. The average molecular weight is 477 g/mol. The van der Waals surface area contributed by atoms with E-state index < -0.39 is 5.54 Å². The number of fused-ring (bicyclic) bond motifs is 1. The quantitative estimate of drug-likeness (QED) is 0.688. The van der Waals surface area contributed by atoms with E-state index >= 15 is 0 Å². The molecule has 0 atom stereocenters. The minimum Gasteiger partial charge on any atom is -0.495 e. The van der Waals surface area contributed by atoms with Crippen LogP contribution in [0.15, 0.2) is 48.5 Å². The molecule has 2 fully saturated rings. The SMILES string of the molecule is COc1ccccc1NC(=O)C1CCN(CC(=O)N2c3ccccc3NC(=O)C23CCCC3)CC1. The lowest BCUT2D eigenvalue weighted by molar-refractivity contribution is -0.128. The van der Waals surface area contributed by atoms with Crippen LogP contribution < -0.4 is 20.3 Å². The van der Waals surface area contributed by atoms with E-state index in [1.54, 1.807) is 12.0 Å². The number of hydrogen-bond acceptors (Lipinski definition) is 5. The third kappa shape index (κ3) is 4.38. The Hall–Kier alpha value is -3.39. The van der Waals surface area contributed by atoms with Gasteiger partial charge in [-0.1, -0.05) is 37.1 Å². The van der Waals surface area contributed by atoms with Crippen molar-refractivity contribution >= 4 is 34.8 Å². The number of methoxy groups -OCH3 is 1. The molecule has 0 aromatic heterocycles. The third-order valence-electron chi connectivity index (χ3n) is 7.61. The fourth-order valence-corrected chi connectivity index (χ4v) is 5.73. The number of hydrogen-bond donors (Lipinski definition) is 2. The van der Waals surface area contributed by atoms with Crippen molar-refractivity contribution in [2.45, 2.75) is 44.1 Å². The molecule has 0 radical (unpaired) electrons. The molecule has 3 aliphatic rings. The van der Waals surface area contributed by atoms with Gasteiger partial charge in [0.1, 0.15) is 11.3 Å². The highest BCUT2D eigenvalue weighted by molar-refractivity contribution is 6.15. The first-order valence-corrected chi connectivity index (χ1v) is 12.4. The largest absolute Gasteiger partial charge is 0.495 e. The van der Waals surface area contributed by atoms with Crippen LogP contribution in [0.5, 0.6) is 5.75 Å². The van der Waals surface area contributed by atoms with Gasteiger partial charge >= 0.3 is 0 Å². The predicted octanol–water partition coefficient (Wildman–Crippen LogP) is 3.64. The molecule has 1 saturated heterocycles. The summed E-state index contributed by atoms with van der Waals surface area (Å²) in [7, 11) is 1.58. The van der Waals surface area contributed by atoms with Gasteiger partial charge in [0, 0.05) is 5.92 Å². The highest BCUT2D eigenvalue weighted by atomic mass is 16.5. The second-order valence-corrected chi connectivity index (χ2v) is 9.68. The fourth-order valence-electron chi connectivity index (χ4n) is 5.73. The van der Waals surface area contributed by atoms with Gasteiger partial charge in [0.05, 0.1) is 30.7 Å². The number of anilines is 3. The van der Waals surface area contributed by atoms with Crippen LogP contribution in [-0.2, 0) is 14.4 Å². The van der Waals surface area contributed by atoms with Gasteiger partial charge in [0.15, 0.2) is 0 Å². The number of piperidine rings is 1. The molecular formula is C27H32N4O4. The molecule has 8 heteroatoms. The maximum atomic E-state index is 13.7. The van der Waals surface area contributed by atoms with Gasteiger partial charge in [-0.25, -0.2) is 0 Å². The maximum Gasteiger partial charge on any atom is 0.250 e. The smallest absolute Gasteiger partial charge is 0.250 e. The van der Waals surface area contributed by atoms with E-state index in [-0.39, 0.29) is 30.2 Å². The Labute approximate surface area is 205 Å². The highest BCUT2D eigenvalue weighted by Crippen LogP contribution is 2.45. The zero-order chi connectivity index (χ0) is 24.4. The number of nitrogens with one attached hydrogen (secondary N) is 2. The fraction of sp³-hybridized carbons (Fsp3) is 0.444. The van der Waals surface area contributed by atoms with E-state index in [0.717, 1.165) is 18.5 Å². The summed E-state index contributed by atoms with van der Waals surface area (Å²) in [6, 6.07) is 14.9. The first-order valence-electron chi connectivity index (χ1n) is 12.4. The number of carbonyl (C=O) groups excluding carboxylic acids is 3. The number of nitrogens with zero attached hydrogens (tertiary/aromatic N) is 2. The molecule has 1 aliphatic carbocycles. The summed E-state index contributed by atoms with van der Waals surface area (Å²) in [6.45, 7) is 1.55. The van der Waals surface area contributed by atoms with Crippen LogP contribution >= 0.6 is 0 Å². The van der Waals surface area contributed by atoms with Crippen molar-refractivity contribution in [2.75, 3.05) is 42.3 Å². The molecule has 35 heavy (non-hydrogen) atoms. The van der Waals surface area contributed by atoms with Crippen molar-refractivity contribution in [2.24, 2.45) is 5.92 Å². The summed E-state index contributed by atoms with van der Waals surface area (Å²) in [4.78, 5) is 43.5. The van der Waals surface area contributed by atoms with Crippen LogP contribution in [-0.4, -0.2) is 54.9 Å². The molecule has 184 valence electrons. The molecule has 8 nitrogen and oxygen atoms in total. The lowest BCUT2D eigenvalue weighted by atomic mass is 9.89. The molecule has 3 amide bonds. The van der Waals surface area contributed by atoms with E-state index in [0.29, 0.717) is 55.9 Å². The molecule has 0 bridgehead atoms. The zero-order valence-corrected chi connectivity index (χ0v) is 20.1. The summed E-state index contributed by atoms with van der Waals surface area (Å²) < 4.78 is 5.33. The molecule has 1 spiro atoms. The molecule has 2 heterocycles. The van der Waals surface area contributed by atoms with E-state index in [2.05, 4.69) is 15.5 Å². The Morgan fingerprint density at radius 1 is 1.06 bits per heavy atom. The normalized spacial score (nSPS) is 19.8. The molecule has 2 aliphatic heterocycles. The number of ether oxygens (including phenoxy) is 1. The molecule has 0 unspecified atom stereocenters. The summed E-state index contributed by atoms with van der Waals surface area (Å²) in [5.41, 5.74) is 1.35.